The van der Waals surface area contributed by atoms with Gasteiger partial charge in [-0.05, 0) is 22.9 Å². The van der Waals surface area contributed by atoms with Crippen LogP contribution in [0.4, 0.5) is 0 Å². The monoisotopic (exact) mass is 254 g/mol. The molecule has 0 aliphatic carbocycles. The summed E-state index contributed by atoms with van der Waals surface area (Å²) in [5.74, 6) is 0. The highest BCUT2D eigenvalue weighted by Crippen LogP contribution is 2.21. The smallest absolute Gasteiger partial charge is 0.108 e. The molecule has 0 saturated heterocycles. The summed E-state index contributed by atoms with van der Waals surface area (Å²) in [6, 6.07) is 0. The van der Waals surface area contributed by atoms with Gasteiger partial charge in [-0.25, -0.2) is 0 Å². The SMILES string of the molecule is C=N/N=C\C(=C/C)c1nn(C)cc1Br. The van der Waals surface area contributed by atoms with E-state index in [0.717, 1.165) is 15.7 Å². The topological polar surface area (TPSA) is 42.5 Å². The normalized spacial score (nSPS) is 12.4. The van der Waals surface area contributed by atoms with E-state index in [1.807, 2.05) is 26.2 Å². The Kier molecular flexibility index (Phi) is 3.76. The fraction of sp³-hybridized carbons (Fsp3) is 0.222. The van der Waals surface area contributed by atoms with Crippen LogP contribution in [0.3, 0.4) is 0 Å². The molecule has 74 valence electrons. The van der Waals surface area contributed by atoms with Crippen LogP contribution in [0.1, 0.15) is 12.6 Å². The molecule has 4 nitrogen and oxygen atoms in total. The summed E-state index contributed by atoms with van der Waals surface area (Å²) in [7, 11) is 1.87. The van der Waals surface area contributed by atoms with Gasteiger partial charge < -0.3 is 0 Å². The summed E-state index contributed by atoms with van der Waals surface area (Å²) in [6.45, 7) is 5.20. The van der Waals surface area contributed by atoms with Gasteiger partial charge in [-0.15, -0.1) is 0 Å². The first-order chi connectivity index (χ1) is 6.69. The number of aryl methyl sites for hydroxylation is 1. The molecule has 0 bridgehead atoms. The van der Waals surface area contributed by atoms with Crippen LogP contribution < -0.4 is 0 Å². The van der Waals surface area contributed by atoms with Gasteiger partial charge in [0.05, 0.1) is 10.7 Å². The van der Waals surface area contributed by atoms with E-state index in [-0.39, 0.29) is 0 Å². The highest BCUT2D eigenvalue weighted by Gasteiger charge is 2.07. The molecule has 0 atom stereocenters. The Morgan fingerprint density at radius 1 is 1.71 bits per heavy atom. The second-order valence-corrected chi connectivity index (χ2v) is 3.48. The second kappa shape index (κ2) is 4.85. The number of allylic oxidation sites excluding steroid dienone is 2. The molecule has 0 unspecified atom stereocenters. The van der Waals surface area contributed by atoms with Crippen molar-refractivity contribution in [1.82, 2.24) is 9.78 Å². The van der Waals surface area contributed by atoms with Gasteiger partial charge in [0, 0.05) is 25.5 Å². The molecule has 1 aromatic rings. The van der Waals surface area contributed by atoms with Crippen molar-refractivity contribution in [2.75, 3.05) is 0 Å². The van der Waals surface area contributed by atoms with Crippen LogP contribution >= 0.6 is 15.9 Å². The first-order valence-electron chi connectivity index (χ1n) is 4.04. The highest BCUT2D eigenvalue weighted by molar-refractivity contribution is 9.10. The zero-order chi connectivity index (χ0) is 10.6. The van der Waals surface area contributed by atoms with Gasteiger partial charge in [0.15, 0.2) is 0 Å². The lowest BCUT2D eigenvalue weighted by Crippen LogP contribution is -1.91. The molecular weight excluding hydrogens is 244 g/mol. The van der Waals surface area contributed by atoms with Gasteiger partial charge in [0.25, 0.3) is 0 Å². The molecule has 0 radical (unpaired) electrons. The summed E-state index contributed by atoms with van der Waals surface area (Å²) < 4.78 is 2.67. The summed E-state index contributed by atoms with van der Waals surface area (Å²) in [5, 5.41) is 11.4. The zero-order valence-corrected chi connectivity index (χ0v) is 9.69. The van der Waals surface area contributed by atoms with Crippen LogP contribution in [0, 0.1) is 0 Å². The van der Waals surface area contributed by atoms with Gasteiger partial charge in [-0.3, -0.25) is 4.68 Å². The summed E-state index contributed by atoms with van der Waals surface area (Å²) in [6.07, 6.45) is 5.43. The molecule has 0 spiro atoms. The van der Waals surface area contributed by atoms with Crippen molar-refractivity contribution in [3.63, 3.8) is 0 Å². The lowest BCUT2D eigenvalue weighted by Gasteiger charge is -1.95. The quantitative estimate of drug-likeness (QED) is 0.603. The average Bonchev–Trinajstić information content (AvgIpc) is 2.47. The second-order valence-electron chi connectivity index (χ2n) is 2.63. The Bertz CT molecular complexity index is 390. The molecule has 0 N–H and O–H groups in total. The summed E-state index contributed by atoms with van der Waals surface area (Å²) >= 11 is 3.42. The third-order valence-corrected chi connectivity index (χ3v) is 2.23. The Labute approximate surface area is 91.2 Å². The molecule has 0 amide bonds. The number of aromatic nitrogens is 2. The van der Waals surface area contributed by atoms with E-state index in [1.165, 1.54) is 0 Å². The third-order valence-electron chi connectivity index (χ3n) is 1.65. The van der Waals surface area contributed by atoms with Crippen LogP contribution in [0.25, 0.3) is 5.57 Å². The largest absolute Gasteiger partial charge is 0.274 e. The number of hydrogen-bond donors (Lipinski definition) is 0. The molecule has 14 heavy (non-hydrogen) atoms. The van der Waals surface area contributed by atoms with E-state index in [0.29, 0.717) is 0 Å². The van der Waals surface area contributed by atoms with Crippen LogP contribution in [0.2, 0.25) is 0 Å². The fourth-order valence-electron chi connectivity index (χ4n) is 1.03. The molecule has 1 rings (SSSR count). The predicted octanol–water partition coefficient (Wildman–Crippen LogP) is 2.27. The van der Waals surface area contributed by atoms with Gasteiger partial charge in [0.1, 0.15) is 5.69 Å². The standard InChI is InChI=1S/C9H11BrN4/c1-4-7(5-12-11-2)9-8(10)6-14(3)13-9/h4-6H,2H2,1,3H3/b7-4+,12-5-. The van der Waals surface area contributed by atoms with Crippen molar-refractivity contribution in [2.24, 2.45) is 17.3 Å². The maximum atomic E-state index is 4.28. The molecule has 1 aromatic heterocycles. The van der Waals surface area contributed by atoms with Crippen LogP contribution in [-0.2, 0) is 7.05 Å². The van der Waals surface area contributed by atoms with Crippen LogP contribution in [0.15, 0.2) is 26.9 Å². The van der Waals surface area contributed by atoms with Crippen molar-refractivity contribution in [1.29, 1.82) is 0 Å². The van der Waals surface area contributed by atoms with E-state index in [1.54, 1.807) is 10.9 Å². The van der Waals surface area contributed by atoms with Crippen molar-refractivity contribution in [2.45, 2.75) is 6.92 Å². The molecule has 0 aliphatic rings. The van der Waals surface area contributed by atoms with E-state index in [9.17, 15) is 0 Å². The summed E-state index contributed by atoms with van der Waals surface area (Å²) in [5.41, 5.74) is 1.76. The number of nitrogens with zero attached hydrogens (tertiary/aromatic N) is 4. The lowest BCUT2D eigenvalue weighted by molar-refractivity contribution is 0.764. The predicted molar refractivity (Wildman–Crippen MR) is 62.6 cm³/mol. The van der Waals surface area contributed by atoms with Crippen molar-refractivity contribution in [3.8, 4) is 0 Å². The van der Waals surface area contributed by atoms with E-state index in [4.69, 9.17) is 0 Å². The van der Waals surface area contributed by atoms with Crippen LogP contribution in [0.5, 0.6) is 0 Å². The highest BCUT2D eigenvalue weighted by atomic mass is 79.9. The van der Waals surface area contributed by atoms with Crippen molar-refractivity contribution in [3.05, 3.63) is 22.4 Å². The minimum absolute atomic E-state index is 0.849. The first kappa shape index (κ1) is 10.8. The zero-order valence-electron chi connectivity index (χ0n) is 8.11. The minimum atomic E-state index is 0.849. The van der Waals surface area contributed by atoms with Gasteiger partial charge in [0.2, 0.25) is 0 Å². The lowest BCUT2D eigenvalue weighted by atomic mass is 10.2. The molecule has 5 heteroatoms. The summed E-state index contributed by atoms with van der Waals surface area (Å²) in [4.78, 5) is 0. The van der Waals surface area contributed by atoms with Gasteiger partial charge >= 0.3 is 0 Å². The van der Waals surface area contributed by atoms with Crippen LogP contribution in [-0.4, -0.2) is 22.7 Å². The number of hydrogen-bond acceptors (Lipinski definition) is 3. The fourth-order valence-corrected chi connectivity index (χ4v) is 1.64. The van der Waals surface area contributed by atoms with Gasteiger partial charge in [-0.2, -0.15) is 15.3 Å². The molecule has 0 aromatic carbocycles. The molecule has 1 heterocycles. The Morgan fingerprint density at radius 2 is 2.43 bits per heavy atom. The average molecular weight is 255 g/mol. The minimum Gasteiger partial charge on any atom is -0.274 e. The maximum absolute atomic E-state index is 4.28. The van der Waals surface area contributed by atoms with E-state index in [2.05, 4.69) is 37.9 Å². The Hall–Kier alpha value is -1.23. The number of halogens is 1. The van der Waals surface area contributed by atoms with Crippen molar-refractivity contribution < 1.29 is 0 Å². The Balaban J connectivity index is 3.07. The number of rotatable bonds is 3. The Morgan fingerprint density at radius 3 is 2.86 bits per heavy atom. The molecule has 0 saturated carbocycles. The first-order valence-corrected chi connectivity index (χ1v) is 4.83. The van der Waals surface area contributed by atoms with Gasteiger partial charge in [-0.1, -0.05) is 6.08 Å². The van der Waals surface area contributed by atoms with E-state index >= 15 is 0 Å². The maximum Gasteiger partial charge on any atom is 0.108 e. The molecule has 0 fully saturated rings. The van der Waals surface area contributed by atoms with E-state index < -0.39 is 0 Å². The van der Waals surface area contributed by atoms with Crippen molar-refractivity contribution >= 4 is 34.4 Å². The molecule has 0 aliphatic heterocycles. The third kappa shape index (κ3) is 2.38. The molecular formula is C9H11BrN4.